The first-order chi connectivity index (χ1) is 7.74. The van der Waals surface area contributed by atoms with Crippen LogP contribution >= 0.6 is 0 Å². The third-order valence-electron chi connectivity index (χ3n) is 2.33. The van der Waals surface area contributed by atoms with Gasteiger partial charge in [0.25, 0.3) is 0 Å². The van der Waals surface area contributed by atoms with E-state index in [0.717, 1.165) is 18.4 Å². The summed E-state index contributed by atoms with van der Waals surface area (Å²) in [5, 5.41) is 8.77. The zero-order valence-corrected chi connectivity index (χ0v) is 10.4. The zero-order valence-electron chi connectivity index (χ0n) is 10.4. The van der Waals surface area contributed by atoms with Crippen molar-refractivity contribution in [2.24, 2.45) is 0 Å². The number of carboxylic acids is 1. The molecule has 0 saturated carbocycles. The summed E-state index contributed by atoms with van der Waals surface area (Å²) in [7, 11) is 0. The number of hydrogen-bond donors (Lipinski definition) is 1. The summed E-state index contributed by atoms with van der Waals surface area (Å²) in [4.78, 5) is 10.7. The predicted octanol–water partition coefficient (Wildman–Crippen LogP) is 4.07. The summed E-state index contributed by atoms with van der Waals surface area (Å²) in [5.74, 6) is -0.550. The lowest BCUT2D eigenvalue weighted by Crippen LogP contribution is -2.05. The van der Waals surface area contributed by atoms with E-state index >= 15 is 0 Å². The highest BCUT2D eigenvalue weighted by molar-refractivity contribution is 5.68. The number of rotatable bonds is 5. The second kappa shape index (κ2) is 8.96. The molecule has 0 aliphatic heterocycles. The minimum absolute atomic E-state index is 0.165. The summed E-state index contributed by atoms with van der Waals surface area (Å²) < 4.78 is 0. The molecular weight excluding hydrogens is 200 g/mol. The van der Waals surface area contributed by atoms with Gasteiger partial charge in [-0.1, -0.05) is 57.5 Å². The second-order valence-electron chi connectivity index (χ2n) is 3.49. The molecule has 1 aromatic rings. The molecule has 2 nitrogen and oxygen atoms in total. The van der Waals surface area contributed by atoms with Gasteiger partial charge in [-0.15, -0.1) is 0 Å². The molecule has 1 rings (SSSR count). The lowest BCUT2D eigenvalue weighted by molar-refractivity contribution is -0.137. The third kappa shape index (κ3) is 5.54. The largest absolute Gasteiger partial charge is 0.481 e. The lowest BCUT2D eigenvalue weighted by Gasteiger charge is -2.13. The third-order valence-corrected chi connectivity index (χ3v) is 2.33. The molecule has 0 heterocycles. The highest BCUT2D eigenvalue weighted by Crippen LogP contribution is 2.24. The molecule has 0 aliphatic carbocycles. The van der Waals surface area contributed by atoms with E-state index in [-0.39, 0.29) is 12.3 Å². The van der Waals surface area contributed by atoms with E-state index in [9.17, 15) is 4.79 Å². The predicted molar refractivity (Wildman–Crippen MR) is 67.7 cm³/mol. The zero-order chi connectivity index (χ0) is 12.4. The van der Waals surface area contributed by atoms with Gasteiger partial charge < -0.3 is 5.11 Å². The van der Waals surface area contributed by atoms with Crippen LogP contribution in [-0.2, 0) is 4.79 Å². The molecule has 1 aromatic carbocycles. The van der Waals surface area contributed by atoms with Crippen molar-refractivity contribution in [2.75, 3.05) is 0 Å². The van der Waals surface area contributed by atoms with Crippen LogP contribution in [-0.4, -0.2) is 11.1 Å². The maximum Gasteiger partial charge on any atom is 0.303 e. The average molecular weight is 222 g/mol. The molecule has 0 aliphatic rings. The quantitative estimate of drug-likeness (QED) is 0.815. The summed E-state index contributed by atoms with van der Waals surface area (Å²) in [6.07, 6.45) is 2.20. The van der Waals surface area contributed by atoms with E-state index < -0.39 is 5.97 Å². The fraction of sp³-hybridized carbons (Fsp3) is 0.500. The molecular formula is C14H22O2. The van der Waals surface area contributed by atoms with Crippen LogP contribution in [0.15, 0.2) is 30.3 Å². The summed E-state index contributed by atoms with van der Waals surface area (Å²) in [6.45, 7) is 6.08. The number of carbonyl (C=O) groups is 1. The normalized spacial score (nSPS) is 11.2. The van der Waals surface area contributed by atoms with E-state index in [1.165, 1.54) is 0 Å². The van der Waals surface area contributed by atoms with Gasteiger partial charge in [0.1, 0.15) is 0 Å². The van der Waals surface area contributed by atoms with Crippen LogP contribution in [0.3, 0.4) is 0 Å². The molecule has 0 radical (unpaired) electrons. The Morgan fingerprint density at radius 3 is 2.25 bits per heavy atom. The topological polar surface area (TPSA) is 37.3 Å². The van der Waals surface area contributed by atoms with Gasteiger partial charge in [0.05, 0.1) is 6.42 Å². The van der Waals surface area contributed by atoms with Crippen molar-refractivity contribution in [3.63, 3.8) is 0 Å². The number of carboxylic acid groups (broad SMARTS) is 1. The average Bonchev–Trinajstić information content (AvgIpc) is 2.32. The molecule has 0 fully saturated rings. The fourth-order valence-corrected chi connectivity index (χ4v) is 1.67. The Morgan fingerprint density at radius 2 is 1.81 bits per heavy atom. The maximum atomic E-state index is 10.7. The van der Waals surface area contributed by atoms with Gasteiger partial charge >= 0.3 is 5.97 Å². The van der Waals surface area contributed by atoms with Crippen LogP contribution in [0.5, 0.6) is 0 Å². The van der Waals surface area contributed by atoms with Gasteiger partial charge in [0.15, 0.2) is 0 Å². The van der Waals surface area contributed by atoms with E-state index in [0.29, 0.717) is 0 Å². The summed E-state index contributed by atoms with van der Waals surface area (Å²) >= 11 is 0. The van der Waals surface area contributed by atoms with E-state index in [1.54, 1.807) is 0 Å². The van der Waals surface area contributed by atoms with Gasteiger partial charge in [-0.25, -0.2) is 0 Å². The molecule has 0 bridgehead atoms. The Kier molecular flexibility index (Phi) is 8.22. The van der Waals surface area contributed by atoms with Crippen LogP contribution in [0.25, 0.3) is 0 Å². The molecule has 0 aromatic heterocycles. The van der Waals surface area contributed by atoms with Gasteiger partial charge in [0, 0.05) is 0 Å². The molecule has 2 heteroatoms. The molecule has 16 heavy (non-hydrogen) atoms. The monoisotopic (exact) mass is 222 g/mol. The van der Waals surface area contributed by atoms with Crippen LogP contribution in [0.2, 0.25) is 0 Å². The van der Waals surface area contributed by atoms with E-state index in [1.807, 2.05) is 44.2 Å². The molecule has 1 atom stereocenters. The molecule has 90 valence electrons. The van der Waals surface area contributed by atoms with Crippen molar-refractivity contribution >= 4 is 5.97 Å². The van der Waals surface area contributed by atoms with E-state index in [4.69, 9.17) is 5.11 Å². The van der Waals surface area contributed by atoms with Crippen molar-refractivity contribution in [1.29, 1.82) is 0 Å². The van der Waals surface area contributed by atoms with Gasteiger partial charge in [0.2, 0.25) is 0 Å². The van der Waals surface area contributed by atoms with Crippen LogP contribution < -0.4 is 0 Å². The van der Waals surface area contributed by atoms with E-state index in [2.05, 4.69) is 6.92 Å². The highest BCUT2D eigenvalue weighted by Gasteiger charge is 2.13. The van der Waals surface area contributed by atoms with Crippen molar-refractivity contribution < 1.29 is 9.90 Å². The Balaban J connectivity index is 0.00000106. The smallest absolute Gasteiger partial charge is 0.303 e. The maximum absolute atomic E-state index is 10.7. The van der Waals surface area contributed by atoms with Crippen molar-refractivity contribution in [3.05, 3.63) is 35.9 Å². The van der Waals surface area contributed by atoms with Crippen LogP contribution in [0.1, 0.15) is 51.5 Å². The first-order valence-corrected chi connectivity index (χ1v) is 6.00. The highest BCUT2D eigenvalue weighted by atomic mass is 16.4. The molecule has 1 N–H and O–H groups in total. The Morgan fingerprint density at radius 1 is 1.25 bits per heavy atom. The minimum atomic E-state index is -0.715. The molecule has 1 unspecified atom stereocenters. The Hall–Kier alpha value is -1.31. The SMILES string of the molecule is CC.CCCC(CC(=O)O)c1ccccc1. The van der Waals surface area contributed by atoms with Crippen molar-refractivity contribution in [3.8, 4) is 0 Å². The first kappa shape index (κ1) is 14.7. The lowest BCUT2D eigenvalue weighted by atomic mass is 9.92. The second-order valence-corrected chi connectivity index (χ2v) is 3.49. The fourth-order valence-electron chi connectivity index (χ4n) is 1.67. The summed E-state index contributed by atoms with van der Waals surface area (Å²) in [6, 6.07) is 9.87. The molecule has 0 amide bonds. The number of hydrogen-bond acceptors (Lipinski definition) is 1. The Bertz CT molecular complexity index is 280. The number of benzene rings is 1. The Labute approximate surface area is 98.3 Å². The van der Waals surface area contributed by atoms with Gasteiger partial charge in [-0.05, 0) is 17.9 Å². The molecule has 0 saturated heterocycles. The van der Waals surface area contributed by atoms with Gasteiger partial charge in [-0.2, -0.15) is 0 Å². The minimum Gasteiger partial charge on any atom is -0.481 e. The summed E-state index contributed by atoms with van der Waals surface area (Å²) in [5.41, 5.74) is 1.14. The van der Waals surface area contributed by atoms with Crippen LogP contribution in [0, 0.1) is 0 Å². The van der Waals surface area contributed by atoms with Gasteiger partial charge in [-0.3, -0.25) is 4.79 Å². The van der Waals surface area contributed by atoms with Crippen molar-refractivity contribution in [1.82, 2.24) is 0 Å². The first-order valence-electron chi connectivity index (χ1n) is 6.00. The number of aliphatic carboxylic acids is 1. The van der Waals surface area contributed by atoms with Crippen molar-refractivity contribution in [2.45, 2.75) is 46.0 Å². The van der Waals surface area contributed by atoms with Crippen LogP contribution in [0.4, 0.5) is 0 Å². The molecule has 0 spiro atoms. The standard InChI is InChI=1S/C12H16O2.C2H6/c1-2-6-11(9-12(13)14)10-7-4-3-5-8-10;1-2/h3-5,7-8,11H,2,6,9H2,1H3,(H,13,14);1-2H3.